The van der Waals surface area contributed by atoms with E-state index < -0.39 is 18.1 Å². The highest BCUT2D eigenvalue weighted by atomic mass is 35.5. The van der Waals surface area contributed by atoms with Gasteiger partial charge in [0.05, 0.1) is 0 Å². The molecule has 1 aliphatic heterocycles. The van der Waals surface area contributed by atoms with Crippen LogP contribution in [0, 0.1) is 0 Å². The van der Waals surface area contributed by atoms with Gasteiger partial charge in [-0.3, -0.25) is 4.79 Å². The zero-order valence-corrected chi connectivity index (χ0v) is 11.8. The molecule has 1 aromatic rings. The molecule has 2 rings (SSSR count). The van der Waals surface area contributed by atoms with E-state index in [1.54, 1.807) is 31.2 Å². The van der Waals surface area contributed by atoms with Gasteiger partial charge in [0.15, 0.2) is 6.10 Å². The van der Waals surface area contributed by atoms with Crippen LogP contribution in [-0.2, 0) is 9.59 Å². The van der Waals surface area contributed by atoms with Gasteiger partial charge in [0.25, 0.3) is 5.91 Å². The van der Waals surface area contributed by atoms with Crippen molar-refractivity contribution in [2.45, 2.75) is 31.9 Å². The summed E-state index contributed by atoms with van der Waals surface area (Å²) in [6.07, 6.45) is 0.450. The van der Waals surface area contributed by atoms with Crippen molar-refractivity contribution in [2.24, 2.45) is 0 Å². The van der Waals surface area contributed by atoms with E-state index in [0.717, 1.165) is 0 Å². The number of amides is 1. The second-order valence-corrected chi connectivity index (χ2v) is 5.18. The number of hydrogen-bond donors (Lipinski definition) is 1. The molecule has 0 spiro atoms. The number of rotatable bonds is 4. The van der Waals surface area contributed by atoms with Gasteiger partial charge in [-0.1, -0.05) is 17.7 Å². The molecule has 108 valence electrons. The first-order valence-electron chi connectivity index (χ1n) is 6.44. The number of hydrogen-bond acceptors (Lipinski definition) is 3. The summed E-state index contributed by atoms with van der Waals surface area (Å²) >= 11 is 5.85. The highest BCUT2D eigenvalue weighted by molar-refractivity contribution is 6.30. The number of carboxylic acids is 1. The first-order valence-corrected chi connectivity index (χ1v) is 6.82. The minimum absolute atomic E-state index is 0.310. The topological polar surface area (TPSA) is 66.8 Å². The molecule has 1 amide bonds. The van der Waals surface area contributed by atoms with E-state index in [4.69, 9.17) is 21.4 Å². The van der Waals surface area contributed by atoms with Crippen molar-refractivity contribution < 1.29 is 19.4 Å². The van der Waals surface area contributed by atoms with Crippen molar-refractivity contribution in [1.82, 2.24) is 4.90 Å². The Morgan fingerprint density at radius 3 is 2.90 bits per heavy atom. The van der Waals surface area contributed by atoms with Crippen LogP contribution < -0.4 is 4.74 Å². The van der Waals surface area contributed by atoms with Crippen molar-refractivity contribution >= 4 is 23.5 Å². The highest BCUT2D eigenvalue weighted by Gasteiger charge is 2.36. The lowest BCUT2D eigenvalue weighted by molar-refractivity contribution is -0.150. The first-order chi connectivity index (χ1) is 9.49. The van der Waals surface area contributed by atoms with E-state index in [1.165, 1.54) is 4.90 Å². The molecule has 1 N–H and O–H groups in total. The zero-order valence-electron chi connectivity index (χ0n) is 11.1. The van der Waals surface area contributed by atoms with E-state index in [2.05, 4.69) is 0 Å². The molecule has 1 aliphatic rings. The van der Waals surface area contributed by atoms with Gasteiger partial charge in [-0.25, -0.2) is 4.79 Å². The summed E-state index contributed by atoms with van der Waals surface area (Å²) in [5, 5.41) is 9.61. The number of halogens is 1. The average molecular weight is 298 g/mol. The van der Waals surface area contributed by atoms with Crippen LogP contribution in [0.4, 0.5) is 0 Å². The molecule has 0 radical (unpaired) electrons. The van der Waals surface area contributed by atoms with Gasteiger partial charge in [-0.2, -0.15) is 0 Å². The maximum Gasteiger partial charge on any atom is 0.326 e. The molecule has 0 saturated carbocycles. The molecule has 0 bridgehead atoms. The van der Waals surface area contributed by atoms with Gasteiger partial charge in [-0.05, 0) is 38.0 Å². The SMILES string of the molecule is CC(Oc1cccc(Cl)c1)C(=O)N1CCC[C@H]1C(=O)O. The fraction of sp³-hybridized carbons (Fsp3) is 0.429. The first kappa shape index (κ1) is 14.7. The van der Waals surface area contributed by atoms with Crippen LogP contribution in [0.2, 0.25) is 5.02 Å². The molecule has 1 heterocycles. The fourth-order valence-electron chi connectivity index (χ4n) is 2.32. The Morgan fingerprint density at radius 2 is 2.25 bits per heavy atom. The molecule has 6 heteroatoms. The molecule has 0 aromatic heterocycles. The Kier molecular flexibility index (Phi) is 4.49. The van der Waals surface area contributed by atoms with Crippen molar-refractivity contribution in [3.63, 3.8) is 0 Å². The molecular weight excluding hydrogens is 282 g/mol. The zero-order chi connectivity index (χ0) is 14.7. The lowest BCUT2D eigenvalue weighted by Gasteiger charge is -2.25. The van der Waals surface area contributed by atoms with Crippen molar-refractivity contribution in [3.05, 3.63) is 29.3 Å². The minimum Gasteiger partial charge on any atom is -0.481 e. The molecule has 1 aromatic carbocycles. The number of carboxylic acid groups (broad SMARTS) is 1. The van der Waals surface area contributed by atoms with Crippen molar-refractivity contribution in [1.29, 1.82) is 0 Å². The van der Waals surface area contributed by atoms with Crippen LogP contribution in [-0.4, -0.2) is 40.6 Å². The molecule has 0 aliphatic carbocycles. The van der Waals surface area contributed by atoms with Gasteiger partial charge in [-0.15, -0.1) is 0 Å². The van der Waals surface area contributed by atoms with Crippen LogP contribution in [0.1, 0.15) is 19.8 Å². The molecule has 2 atom stereocenters. The largest absolute Gasteiger partial charge is 0.481 e. The van der Waals surface area contributed by atoms with E-state index >= 15 is 0 Å². The number of benzene rings is 1. The summed E-state index contributed by atoms with van der Waals surface area (Å²) < 4.78 is 5.53. The van der Waals surface area contributed by atoms with Gasteiger partial charge < -0.3 is 14.7 Å². The quantitative estimate of drug-likeness (QED) is 0.925. The fourth-order valence-corrected chi connectivity index (χ4v) is 2.50. The van der Waals surface area contributed by atoms with Gasteiger partial charge in [0.1, 0.15) is 11.8 Å². The normalized spacial score (nSPS) is 19.7. The Labute approximate surface area is 122 Å². The van der Waals surface area contributed by atoms with Crippen LogP contribution in [0.3, 0.4) is 0 Å². The lowest BCUT2D eigenvalue weighted by Crippen LogP contribution is -2.46. The third-order valence-electron chi connectivity index (χ3n) is 3.28. The van der Waals surface area contributed by atoms with Gasteiger partial charge in [0.2, 0.25) is 0 Å². The predicted octanol–water partition coefficient (Wildman–Crippen LogP) is 2.18. The third-order valence-corrected chi connectivity index (χ3v) is 3.51. The standard InChI is InChI=1S/C14H16ClNO4/c1-9(20-11-5-2-4-10(15)8-11)13(17)16-7-3-6-12(16)14(18)19/h2,4-5,8-9,12H,3,6-7H2,1H3,(H,18,19)/t9?,12-/m0/s1. The van der Waals surface area contributed by atoms with Crippen LogP contribution in [0.5, 0.6) is 5.75 Å². The van der Waals surface area contributed by atoms with Gasteiger partial charge in [0, 0.05) is 11.6 Å². The van der Waals surface area contributed by atoms with Crippen molar-refractivity contribution in [2.75, 3.05) is 6.54 Å². The maximum atomic E-state index is 12.3. The molecule has 1 saturated heterocycles. The summed E-state index contributed by atoms with van der Waals surface area (Å²) in [6, 6.07) is 6.01. The lowest BCUT2D eigenvalue weighted by atomic mass is 10.2. The van der Waals surface area contributed by atoms with Crippen LogP contribution in [0.25, 0.3) is 0 Å². The summed E-state index contributed by atoms with van der Waals surface area (Å²) in [5.74, 6) is -0.787. The smallest absolute Gasteiger partial charge is 0.326 e. The van der Waals surface area contributed by atoms with E-state index in [1.807, 2.05) is 0 Å². The molecule has 5 nitrogen and oxygen atoms in total. The van der Waals surface area contributed by atoms with Crippen LogP contribution in [0.15, 0.2) is 24.3 Å². The molecular formula is C14H16ClNO4. The third kappa shape index (κ3) is 3.22. The summed E-state index contributed by atoms with van der Waals surface area (Å²) in [4.78, 5) is 24.7. The van der Waals surface area contributed by atoms with Gasteiger partial charge >= 0.3 is 5.97 Å². The monoisotopic (exact) mass is 297 g/mol. The van der Waals surface area contributed by atoms with Crippen molar-refractivity contribution in [3.8, 4) is 5.75 Å². The minimum atomic E-state index is -0.967. The number of likely N-dealkylation sites (tertiary alicyclic amines) is 1. The predicted molar refractivity (Wildman–Crippen MR) is 73.9 cm³/mol. The second-order valence-electron chi connectivity index (χ2n) is 4.75. The molecule has 20 heavy (non-hydrogen) atoms. The Balaban J connectivity index is 2.03. The Hall–Kier alpha value is -1.75. The average Bonchev–Trinajstić information content (AvgIpc) is 2.87. The summed E-state index contributed by atoms with van der Waals surface area (Å²) in [7, 11) is 0. The van der Waals surface area contributed by atoms with E-state index in [-0.39, 0.29) is 5.91 Å². The summed E-state index contributed by atoms with van der Waals surface area (Å²) in [5.41, 5.74) is 0. The Morgan fingerprint density at radius 1 is 1.50 bits per heavy atom. The Bertz CT molecular complexity index is 520. The van der Waals surface area contributed by atoms with Crippen LogP contribution >= 0.6 is 11.6 Å². The number of aliphatic carboxylic acids is 1. The van der Waals surface area contributed by atoms with E-state index in [9.17, 15) is 9.59 Å². The second kappa shape index (κ2) is 6.13. The number of nitrogens with zero attached hydrogens (tertiary/aromatic N) is 1. The van der Waals surface area contributed by atoms with E-state index in [0.29, 0.717) is 30.2 Å². The maximum absolute atomic E-state index is 12.3. The number of ether oxygens (including phenoxy) is 1. The molecule has 1 unspecified atom stereocenters. The summed E-state index contributed by atoms with van der Waals surface area (Å²) in [6.45, 7) is 2.07. The highest BCUT2D eigenvalue weighted by Crippen LogP contribution is 2.22. The molecule has 1 fully saturated rings. The number of carbonyl (C=O) groups excluding carboxylic acids is 1. The number of carbonyl (C=O) groups is 2.